The van der Waals surface area contributed by atoms with Gasteiger partial charge in [0.25, 0.3) is 0 Å². The smallest absolute Gasteiger partial charge is 0.312 e. The summed E-state index contributed by atoms with van der Waals surface area (Å²) in [5, 5.41) is 2.78. The Labute approximate surface area is 142 Å². The summed E-state index contributed by atoms with van der Waals surface area (Å²) in [6.07, 6.45) is 2.30. The normalized spacial score (nSPS) is 20.4. The van der Waals surface area contributed by atoms with Crippen LogP contribution in [0.1, 0.15) is 30.0 Å². The van der Waals surface area contributed by atoms with Gasteiger partial charge in [0, 0.05) is 13.1 Å². The fraction of sp³-hybridized carbons (Fsp3) is 0.350. The van der Waals surface area contributed by atoms with Crippen molar-refractivity contribution in [3.63, 3.8) is 0 Å². The van der Waals surface area contributed by atoms with E-state index in [2.05, 4.69) is 58.7 Å². The second kappa shape index (κ2) is 6.29. The molecule has 0 aromatic heterocycles. The van der Waals surface area contributed by atoms with Crippen LogP contribution in [0.2, 0.25) is 0 Å². The third-order valence-electron chi connectivity index (χ3n) is 5.28. The maximum atomic E-state index is 11.0. The lowest BCUT2D eigenvalue weighted by molar-refractivity contribution is 0.143. The molecule has 24 heavy (non-hydrogen) atoms. The van der Waals surface area contributed by atoms with Gasteiger partial charge in [-0.05, 0) is 47.6 Å². The zero-order chi connectivity index (χ0) is 16.5. The zero-order valence-corrected chi connectivity index (χ0v) is 13.7. The third kappa shape index (κ3) is 2.67. The van der Waals surface area contributed by atoms with E-state index in [1.807, 2.05) is 0 Å². The van der Waals surface area contributed by atoms with Gasteiger partial charge in [-0.2, -0.15) is 0 Å². The molecule has 2 aromatic rings. The monoisotopic (exact) mass is 321 g/mol. The Morgan fingerprint density at radius 3 is 2.33 bits per heavy atom. The summed E-state index contributed by atoms with van der Waals surface area (Å²) in [7, 11) is 0. The molecule has 0 radical (unpaired) electrons. The maximum absolute atomic E-state index is 11.0. The van der Waals surface area contributed by atoms with Gasteiger partial charge in [0.15, 0.2) is 0 Å². The number of carbonyl (C=O) groups excluding carboxylic acids is 1. The number of urea groups is 1. The molecule has 0 bridgehead atoms. The molecule has 1 aliphatic heterocycles. The molecule has 1 saturated heterocycles. The average molecular weight is 321 g/mol. The van der Waals surface area contributed by atoms with Crippen molar-refractivity contribution in [2.45, 2.75) is 18.9 Å². The minimum absolute atomic E-state index is 0.328. The Kier molecular flexibility index (Phi) is 3.98. The molecule has 1 unspecified atom stereocenters. The largest absolute Gasteiger partial charge is 0.352 e. The van der Waals surface area contributed by atoms with Gasteiger partial charge >= 0.3 is 6.03 Å². The molecule has 4 heteroatoms. The fourth-order valence-corrected chi connectivity index (χ4v) is 4.27. The molecule has 0 spiro atoms. The molecule has 124 valence electrons. The summed E-state index contributed by atoms with van der Waals surface area (Å²) in [6, 6.07) is 17.4. The summed E-state index contributed by atoms with van der Waals surface area (Å²) in [4.78, 5) is 13.6. The number of carbonyl (C=O) groups is 1. The number of nitrogens with zero attached hydrogens (tertiary/aromatic N) is 1. The second-order valence-corrected chi connectivity index (χ2v) is 6.83. The highest BCUT2D eigenvalue weighted by Crippen LogP contribution is 2.46. The summed E-state index contributed by atoms with van der Waals surface area (Å²) in [5.41, 5.74) is 10.8. The molecular weight excluding hydrogens is 298 g/mol. The van der Waals surface area contributed by atoms with E-state index in [9.17, 15) is 4.79 Å². The quantitative estimate of drug-likeness (QED) is 0.912. The van der Waals surface area contributed by atoms with Crippen LogP contribution in [-0.4, -0.2) is 30.6 Å². The molecule has 2 aliphatic rings. The number of hydrogen-bond donors (Lipinski definition) is 2. The van der Waals surface area contributed by atoms with E-state index in [0.29, 0.717) is 18.5 Å². The Morgan fingerprint density at radius 2 is 1.71 bits per heavy atom. The highest BCUT2D eigenvalue weighted by molar-refractivity contribution is 5.78. The molecule has 0 saturated carbocycles. The number of benzene rings is 2. The van der Waals surface area contributed by atoms with Crippen molar-refractivity contribution in [2.75, 3.05) is 19.6 Å². The van der Waals surface area contributed by atoms with Crippen molar-refractivity contribution in [1.82, 2.24) is 10.2 Å². The Morgan fingerprint density at radius 1 is 1.08 bits per heavy atom. The topological polar surface area (TPSA) is 58.4 Å². The van der Waals surface area contributed by atoms with Crippen LogP contribution in [0.15, 0.2) is 48.5 Å². The summed E-state index contributed by atoms with van der Waals surface area (Å²) in [6.45, 7) is 2.76. The number of fused-ring (bicyclic) bond motifs is 3. The number of nitrogens with two attached hydrogens (primary N) is 1. The standard InChI is InChI=1S/C20H23N3O/c21-20(24)22-12-14-6-5-11-23(13-14)19-17-9-3-1-7-15(17)16-8-2-4-10-18(16)19/h1-4,7-10,14,19H,5-6,11-13H2,(H3,21,22,24). The van der Waals surface area contributed by atoms with Crippen LogP contribution in [0.25, 0.3) is 11.1 Å². The molecule has 2 amide bonds. The summed E-state index contributed by atoms with van der Waals surface area (Å²) in [5.74, 6) is 0.464. The Bertz CT molecular complexity index is 713. The van der Waals surface area contributed by atoms with Crippen molar-refractivity contribution < 1.29 is 4.79 Å². The molecule has 4 nitrogen and oxygen atoms in total. The van der Waals surface area contributed by atoms with Crippen LogP contribution in [0.3, 0.4) is 0 Å². The number of amides is 2. The molecule has 4 rings (SSSR count). The van der Waals surface area contributed by atoms with Crippen molar-refractivity contribution in [2.24, 2.45) is 11.7 Å². The van der Waals surface area contributed by atoms with Gasteiger partial charge in [0.2, 0.25) is 0 Å². The summed E-state index contributed by atoms with van der Waals surface area (Å²) >= 11 is 0. The highest BCUT2D eigenvalue weighted by Gasteiger charge is 2.34. The van der Waals surface area contributed by atoms with Crippen LogP contribution in [-0.2, 0) is 0 Å². The Hall–Kier alpha value is -2.33. The lowest BCUT2D eigenvalue weighted by Crippen LogP contribution is -2.43. The van der Waals surface area contributed by atoms with E-state index in [1.165, 1.54) is 22.3 Å². The average Bonchev–Trinajstić information content (AvgIpc) is 2.95. The number of nitrogens with one attached hydrogen (secondary N) is 1. The van der Waals surface area contributed by atoms with Gasteiger partial charge in [0.05, 0.1) is 6.04 Å². The lowest BCUT2D eigenvalue weighted by Gasteiger charge is -2.37. The van der Waals surface area contributed by atoms with E-state index in [1.54, 1.807) is 0 Å². The van der Waals surface area contributed by atoms with Crippen molar-refractivity contribution in [3.8, 4) is 11.1 Å². The predicted octanol–water partition coefficient (Wildman–Crippen LogP) is 3.14. The molecule has 2 aromatic carbocycles. The van der Waals surface area contributed by atoms with E-state index in [4.69, 9.17) is 5.73 Å². The number of likely N-dealkylation sites (tertiary alicyclic amines) is 1. The molecule has 3 N–H and O–H groups in total. The second-order valence-electron chi connectivity index (χ2n) is 6.83. The molecule has 1 heterocycles. The minimum atomic E-state index is -0.427. The van der Waals surface area contributed by atoms with Gasteiger partial charge in [-0.25, -0.2) is 4.79 Å². The van der Waals surface area contributed by atoms with Gasteiger partial charge in [-0.1, -0.05) is 48.5 Å². The SMILES string of the molecule is NC(=O)NCC1CCCN(C2c3ccccc3-c3ccccc32)C1. The first-order valence-corrected chi connectivity index (χ1v) is 8.69. The molecular formula is C20H23N3O. The predicted molar refractivity (Wildman–Crippen MR) is 95.6 cm³/mol. The van der Waals surface area contributed by atoms with E-state index >= 15 is 0 Å². The van der Waals surface area contributed by atoms with Crippen molar-refractivity contribution in [3.05, 3.63) is 59.7 Å². The van der Waals surface area contributed by atoms with Crippen molar-refractivity contribution >= 4 is 6.03 Å². The number of piperidine rings is 1. The van der Waals surface area contributed by atoms with Crippen LogP contribution in [0.5, 0.6) is 0 Å². The third-order valence-corrected chi connectivity index (χ3v) is 5.28. The summed E-state index contributed by atoms with van der Waals surface area (Å²) < 4.78 is 0. The number of primary amides is 1. The Balaban J connectivity index is 1.62. The fourth-order valence-electron chi connectivity index (χ4n) is 4.27. The zero-order valence-electron chi connectivity index (χ0n) is 13.7. The van der Waals surface area contributed by atoms with Crippen LogP contribution >= 0.6 is 0 Å². The molecule has 1 atom stereocenters. The first-order valence-electron chi connectivity index (χ1n) is 8.69. The first kappa shape index (κ1) is 15.2. The van der Waals surface area contributed by atoms with Gasteiger partial charge in [-0.3, -0.25) is 4.90 Å². The van der Waals surface area contributed by atoms with Crippen LogP contribution in [0.4, 0.5) is 4.79 Å². The van der Waals surface area contributed by atoms with E-state index < -0.39 is 6.03 Å². The van der Waals surface area contributed by atoms with Crippen molar-refractivity contribution in [1.29, 1.82) is 0 Å². The van der Waals surface area contributed by atoms with Gasteiger partial charge in [-0.15, -0.1) is 0 Å². The number of rotatable bonds is 3. The first-order chi connectivity index (χ1) is 11.7. The van der Waals surface area contributed by atoms with E-state index in [-0.39, 0.29) is 0 Å². The lowest BCUT2D eigenvalue weighted by atomic mass is 9.94. The minimum Gasteiger partial charge on any atom is -0.352 e. The van der Waals surface area contributed by atoms with Gasteiger partial charge in [0.1, 0.15) is 0 Å². The molecule has 1 fully saturated rings. The van der Waals surface area contributed by atoms with Crippen LogP contribution < -0.4 is 11.1 Å². The highest BCUT2D eigenvalue weighted by atomic mass is 16.2. The molecule has 1 aliphatic carbocycles. The van der Waals surface area contributed by atoms with Crippen LogP contribution in [0, 0.1) is 5.92 Å². The maximum Gasteiger partial charge on any atom is 0.312 e. The van der Waals surface area contributed by atoms with Gasteiger partial charge < -0.3 is 11.1 Å². The van der Waals surface area contributed by atoms with E-state index in [0.717, 1.165) is 25.9 Å². The number of hydrogen-bond acceptors (Lipinski definition) is 2.